The van der Waals surface area contributed by atoms with Crippen molar-refractivity contribution in [2.24, 2.45) is 0 Å². The third-order valence-electron chi connectivity index (χ3n) is 2.64. The van der Waals surface area contributed by atoms with Crippen LogP contribution in [-0.4, -0.2) is 15.8 Å². The van der Waals surface area contributed by atoms with Crippen molar-refractivity contribution in [3.05, 3.63) is 22.8 Å². The van der Waals surface area contributed by atoms with Crippen LogP contribution in [0.15, 0.2) is 0 Å². The molecule has 1 aromatic heterocycles. The number of carbonyl (C=O) groups is 1. The van der Waals surface area contributed by atoms with Crippen LogP contribution in [0.5, 0.6) is 0 Å². The zero-order valence-electron chi connectivity index (χ0n) is 8.63. The fourth-order valence-corrected chi connectivity index (χ4v) is 1.92. The van der Waals surface area contributed by atoms with Gasteiger partial charge in [-0.05, 0) is 32.6 Å². The SMILES string of the molecule is CC(=O)c1nc2c(nc1C)CCCC2. The van der Waals surface area contributed by atoms with E-state index >= 15 is 0 Å². The zero-order chi connectivity index (χ0) is 10.1. The second kappa shape index (κ2) is 3.48. The van der Waals surface area contributed by atoms with Gasteiger partial charge in [0.15, 0.2) is 5.78 Å². The van der Waals surface area contributed by atoms with Crippen LogP contribution in [0.25, 0.3) is 0 Å². The average Bonchev–Trinajstić information content (AvgIpc) is 2.16. The standard InChI is InChI=1S/C11H14N2O/c1-7-11(8(2)14)13-10-6-4-3-5-9(10)12-7/h3-6H2,1-2H3. The Kier molecular flexibility index (Phi) is 2.32. The second-order valence-electron chi connectivity index (χ2n) is 3.81. The summed E-state index contributed by atoms with van der Waals surface area (Å²) in [4.78, 5) is 20.1. The van der Waals surface area contributed by atoms with E-state index in [1.165, 1.54) is 12.8 Å². The largest absolute Gasteiger partial charge is 0.293 e. The van der Waals surface area contributed by atoms with Gasteiger partial charge in [0.05, 0.1) is 17.1 Å². The minimum atomic E-state index is 0.0170. The maximum atomic E-state index is 11.2. The van der Waals surface area contributed by atoms with E-state index in [1.807, 2.05) is 6.92 Å². The van der Waals surface area contributed by atoms with Crippen molar-refractivity contribution in [2.75, 3.05) is 0 Å². The monoisotopic (exact) mass is 190 g/mol. The molecular formula is C11H14N2O. The quantitative estimate of drug-likeness (QED) is 0.635. The second-order valence-corrected chi connectivity index (χ2v) is 3.81. The molecule has 1 aromatic rings. The van der Waals surface area contributed by atoms with Gasteiger partial charge in [0.25, 0.3) is 0 Å². The molecule has 74 valence electrons. The van der Waals surface area contributed by atoms with Crippen LogP contribution < -0.4 is 0 Å². The van der Waals surface area contributed by atoms with Gasteiger partial charge in [0.2, 0.25) is 0 Å². The Labute approximate surface area is 83.6 Å². The molecule has 0 fully saturated rings. The van der Waals surface area contributed by atoms with E-state index in [0.29, 0.717) is 5.69 Å². The Morgan fingerprint density at radius 2 is 1.71 bits per heavy atom. The van der Waals surface area contributed by atoms with Gasteiger partial charge in [-0.15, -0.1) is 0 Å². The van der Waals surface area contributed by atoms with E-state index in [0.717, 1.165) is 29.9 Å². The number of fused-ring (bicyclic) bond motifs is 1. The van der Waals surface area contributed by atoms with Gasteiger partial charge in [-0.1, -0.05) is 0 Å². The molecule has 1 heterocycles. The summed E-state index contributed by atoms with van der Waals surface area (Å²) in [7, 11) is 0. The lowest BCUT2D eigenvalue weighted by Crippen LogP contribution is -2.13. The Morgan fingerprint density at radius 3 is 2.29 bits per heavy atom. The molecule has 0 bridgehead atoms. The molecule has 0 unspecified atom stereocenters. The maximum absolute atomic E-state index is 11.2. The van der Waals surface area contributed by atoms with Gasteiger partial charge in [0.1, 0.15) is 5.69 Å². The van der Waals surface area contributed by atoms with Crippen LogP contribution in [0.2, 0.25) is 0 Å². The maximum Gasteiger partial charge on any atom is 0.179 e. The number of aryl methyl sites for hydroxylation is 3. The van der Waals surface area contributed by atoms with Gasteiger partial charge in [-0.25, -0.2) is 4.98 Å². The topological polar surface area (TPSA) is 42.9 Å². The van der Waals surface area contributed by atoms with Crippen molar-refractivity contribution in [3.63, 3.8) is 0 Å². The predicted molar refractivity (Wildman–Crippen MR) is 53.4 cm³/mol. The molecule has 0 atom stereocenters. The van der Waals surface area contributed by atoms with Gasteiger partial charge in [0, 0.05) is 6.92 Å². The molecule has 0 saturated heterocycles. The highest BCUT2D eigenvalue weighted by atomic mass is 16.1. The molecule has 0 radical (unpaired) electrons. The Balaban J connectivity index is 2.50. The first-order chi connectivity index (χ1) is 6.68. The van der Waals surface area contributed by atoms with Crippen LogP contribution in [0.3, 0.4) is 0 Å². The lowest BCUT2D eigenvalue weighted by molar-refractivity contribution is 0.101. The normalized spacial score (nSPS) is 15.0. The molecule has 0 N–H and O–H groups in total. The summed E-state index contributed by atoms with van der Waals surface area (Å²) in [6, 6.07) is 0. The van der Waals surface area contributed by atoms with Crippen LogP contribution in [0.4, 0.5) is 0 Å². The molecule has 0 aromatic carbocycles. The summed E-state index contributed by atoms with van der Waals surface area (Å²) in [5, 5.41) is 0. The highest BCUT2D eigenvalue weighted by Gasteiger charge is 2.16. The van der Waals surface area contributed by atoms with Crippen molar-refractivity contribution in [3.8, 4) is 0 Å². The van der Waals surface area contributed by atoms with Crippen LogP contribution >= 0.6 is 0 Å². The predicted octanol–water partition coefficient (Wildman–Crippen LogP) is 1.87. The molecule has 0 saturated carbocycles. The fourth-order valence-electron chi connectivity index (χ4n) is 1.92. The first-order valence-corrected chi connectivity index (χ1v) is 5.06. The van der Waals surface area contributed by atoms with E-state index < -0.39 is 0 Å². The first-order valence-electron chi connectivity index (χ1n) is 5.06. The highest BCUT2D eigenvalue weighted by molar-refractivity contribution is 5.93. The number of hydrogen-bond donors (Lipinski definition) is 0. The van der Waals surface area contributed by atoms with Gasteiger partial charge >= 0.3 is 0 Å². The molecular weight excluding hydrogens is 176 g/mol. The molecule has 3 heteroatoms. The van der Waals surface area contributed by atoms with Crippen molar-refractivity contribution >= 4 is 5.78 Å². The number of Topliss-reactive ketones (excluding diaryl/α,β-unsaturated/α-hetero) is 1. The third-order valence-corrected chi connectivity index (χ3v) is 2.64. The third kappa shape index (κ3) is 1.54. The lowest BCUT2D eigenvalue weighted by Gasteiger charge is -2.15. The van der Waals surface area contributed by atoms with E-state index in [-0.39, 0.29) is 5.78 Å². The number of rotatable bonds is 1. The van der Waals surface area contributed by atoms with E-state index in [2.05, 4.69) is 9.97 Å². The zero-order valence-corrected chi connectivity index (χ0v) is 8.63. The minimum absolute atomic E-state index is 0.0170. The summed E-state index contributed by atoms with van der Waals surface area (Å²) in [6.07, 6.45) is 4.35. The molecule has 2 rings (SSSR count). The molecule has 0 amide bonds. The van der Waals surface area contributed by atoms with Crippen LogP contribution in [-0.2, 0) is 12.8 Å². The molecule has 1 aliphatic carbocycles. The number of carbonyl (C=O) groups excluding carboxylic acids is 1. The first kappa shape index (κ1) is 9.31. The van der Waals surface area contributed by atoms with E-state index in [4.69, 9.17) is 0 Å². The summed E-state index contributed by atoms with van der Waals surface area (Å²) in [5.41, 5.74) is 3.45. The number of ketones is 1. The summed E-state index contributed by atoms with van der Waals surface area (Å²) in [5.74, 6) is 0.0170. The average molecular weight is 190 g/mol. The minimum Gasteiger partial charge on any atom is -0.293 e. The summed E-state index contributed by atoms with van der Waals surface area (Å²) < 4.78 is 0. The molecule has 0 spiro atoms. The van der Waals surface area contributed by atoms with E-state index in [9.17, 15) is 4.79 Å². The van der Waals surface area contributed by atoms with Gasteiger partial charge in [-0.3, -0.25) is 9.78 Å². The number of hydrogen-bond acceptors (Lipinski definition) is 3. The lowest BCUT2D eigenvalue weighted by atomic mass is 10.00. The van der Waals surface area contributed by atoms with Gasteiger partial charge < -0.3 is 0 Å². The smallest absolute Gasteiger partial charge is 0.179 e. The van der Waals surface area contributed by atoms with Crippen molar-refractivity contribution < 1.29 is 4.79 Å². The Bertz CT molecular complexity index is 385. The van der Waals surface area contributed by atoms with Gasteiger partial charge in [-0.2, -0.15) is 0 Å². The summed E-state index contributed by atoms with van der Waals surface area (Å²) >= 11 is 0. The van der Waals surface area contributed by atoms with Crippen LogP contribution in [0.1, 0.15) is 47.3 Å². The van der Waals surface area contributed by atoms with Crippen LogP contribution in [0, 0.1) is 6.92 Å². The van der Waals surface area contributed by atoms with Crippen molar-refractivity contribution in [1.82, 2.24) is 9.97 Å². The number of aromatic nitrogens is 2. The summed E-state index contributed by atoms with van der Waals surface area (Å²) in [6.45, 7) is 3.41. The van der Waals surface area contributed by atoms with E-state index in [1.54, 1.807) is 6.92 Å². The van der Waals surface area contributed by atoms with Crippen molar-refractivity contribution in [1.29, 1.82) is 0 Å². The molecule has 1 aliphatic rings. The highest BCUT2D eigenvalue weighted by Crippen LogP contribution is 2.19. The molecule has 3 nitrogen and oxygen atoms in total. The fraction of sp³-hybridized carbons (Fsp3) is 0.545. The van der Waals surface area contributed by atoms with Crippen molar-refractivity contribution in [2.45, 2.75) is 39.5 Å². The Hall–Kier alpha value is -1.25. The molecule has 14 heavy (non-hydrogen) atoms. The number of nitrogens with zero attached hydrogens (tertiary/aromatic N) is 2. The Morgan fingerprint density at radius 1 is 1.14 bits per heavy atom. The molecule has 0 aliphatic heterocycles.